The number of hydrogen-bond donors (Lipinski definition) is 2. The first kappa shape index (κ1) is 21.0. The fraction of sp³-hybridized carbons (Fsp3) is 0.227. The summed E-state index contributed by atoms with van der Waals surface area (Å²) in [4.78, 5) is 8.95. The molecule has 0 saturated carbocycles. The lowest BCUT2D eigenvalue weighted by Crippen LogP contribution is -2.17. The van der Waals surface area contributed by atoms with E-state index in [1.807, 2.05) is 19.9 Å². The summed E-state index contributed by atoms with van der Waals surface area (Å²) >= 11 is 3.46. The number of rotatable bonds is 1. The summed E-state index contributed by atoms with van der Waals surface area (Å²) in [5, 5.41) is 4.58. The number of anilines is 1. The van der Waals surface area contributed by atoms with E-state index in [1.54, 1.807) is 23.0 Å². The number of hydrogen-bond acceptors (Lipinski definition) is 6. The van der Waals surface area contributed by atoms with Crippen LogP contribution in [0.5, 0.6) is 5.75 Å². The molecule has 2 bridgehead atoms. The number of aliphatic imine (C=N–C) groups is 1. The number of nitrogens with two attached hydrogens (primary N) is 2. The van der Waals surface area contributed by atoms with Crippen molar-refractivity contribution in [3.63, 3.8) is 0 Å². The molecule has 1 aliphatic rings. The predicted molar refractivity (Wildman–Crippen MR) is 122 cm³/mol. The Morgan fingerprint density at radius 3 is 2.90 bits per heavy atom. The van der Waals surface area contributed by atoms with Crippen LogP contribution >= 0.6 is 15.9 Å². The maximum absolute atomic E-state index is 14.2. The molecule has 7 nitrogen and oxygen atoms in total. The minimum atomic E-state index is -0.517. The molecule has 0 fully saturated rings. The molecular weight excluding hydrogens is 463 g/mol. The molecule has 4 N–H and O–H groups in total. The van der Waals surface area contributed by atoms with Crippen molar-refractivity contribution >= 4 is 27.5 Å². The minimum absolute atomic E-state index is 0.238. The monoisotopic (exact) mass is 484 g/mol. The summed E-state index contributed by atoms with van der Waals surface area (Å²) < 4.78 is 22.7. The van der Waals surface area contributed by atoms with Crippen LogP contribution in [0.1, 0.15) is 36.8 Å². The second kappa shape index (κ2) is 8.50. The van der Waals surface area contributed by atoms with E-state index < -0.39 is 6.10 Å². The highest BCUT2D eigenvalue weighted by molar-refractivity contribution is 9.10. The summed E-state index contributed by atoms with van der Waals surface area (Å²) in [6, 6.07) is 8.23. The molecule has 1 atom stereocenters. The van der Waals surface area contributed by atoms with Gasteiger partial charge < -0.3 is 16.2 Å². The molecule has 9 heteroatoms. The maximum atomic E-state index is 14.2. The van der Waals surface area contributed by atoms with Crippen LogP contribution in [0.25, 0.3) is 5.69 Å². The smallest absolute Gasteiger partial charge is 0.166 e. The highest BCUT2D eigenvalue weighted by atomic mass is 79.9. The summed E-state index contributed by atoms with van der Waals surface area (Å²) in [6.07, 6.45) is 3.13. The van der Waals surface area contributed by atoms with E-state index in [-0.39, 0.29) is 11.6 Å². The van der Waals surface area contributed by atoms with Gasteiger partial charge in [-0.15, -0.1) is 0 Å². The standard InChI is InChI=1S/C22H22BrFN6O/c1-3-27-21-13(10-25)6-16-9-20(23)29-30(16)18-5-4-15(24)8-17(18)12(2)31-19-7-14(21)11-28-22(19)26/h4-5,7-12H,3,6,25H2,1-2H3,(H2,26,28)/t12-/m1/s1. The van der Waals surface area contributed by atoms with Crippen molar-refractivity contribution in [3.8, 4) is 11.4 Å². The number of nitrogens with zero attached hydrogens (tertiary/aromatic N) is 4. The molecular formula is C22H22BrFN6O. The third-order valence-corrected chi connectivity index (χ3v) is 5.45. The number of nitrogen functional groups attached to an aromatic ring is 1. The molecule has 0 saturated heterocycles. The number of allylic oxidation sites excluding steroid dienone is 1. The Morgan fingerprint density at radius 1 is 1.35 bits per heavy atom. The summed E-state index contributed by atoms with van der Waals surface area (Å²) in [5.74, 6) is 0.263. The molecule has 31 heavy (non-hydrogen) atoms. The van der Waals surface area contributed by atoms with Crippen LogP contribution in [0.3, 0.4) is 0 Å². The predicted octanol–water partition coefficient (Wildman–Crippen LogP) is 4.10. The average Bonchev–Trinajstić information content (AvgIpc) is 3.11. The molecule has 0 spiro atoms. The van der Waals surface area contributed by atoms with Gasteiger partial charge in [0.2, 0.25) is 0 Å². The van der Waals surface area contributed by atoms with Crippen LogP contribution in [0.4, 0.5) is 10.2 Å². The van der Waals surface area contributed by atoms with E-state index in [0.717, 1.165) is 16.8 Å². The van der Waals surface area contributed by atoms with Crippen LogP contribution in [0, 0.1) is 5.82 Å². The van der Waals surface area contributed by atoms with E-state index >= 15 is 0 Å². The minimum Gasteiger partial charge on any atom is -0.482 e. The van der Waals surface area contributed by atoms with Gasteiger partial charge in [0.15, 0.2) is 11.6 Å². The number of fused-ring (bicyclic) bond motifs is 5. The molecule has 0 aliphatic carbocycles. The Bertz CT molecular complexity index is 1200. The van der Waals surface area contributed by atoms with Crippen LogP contribution in [0.15, 0.2) is 57.9 Å². The molecule has 1 aromatic carbocycles. The Labute approximate surface area is 187 Å². The lowest BCUT2D eigenvalue weighted by atomic mass is 9.99. The van der Waals surface area contributed by atoms with Crippen molar-refractivity contribution in [2.24, 2.45) is 10.7 Å². The van der Waals surface area contributed by atoms with Crippen molar-refractivity contribution in [3.05, 3.63) is 75.5 Å². The van der Waals surface area contributed by atoms with Crippen LogP contribution in [-0.2, 0) is 6.42 Å². The zero-order valence-electron chi connectivity index (χ0n) is 17.1. The maximum Gasteiger partial charge on any atom is 0.166 e. The zero-order valence-corrected chi connectivity index (χ0v) is 18.7. The normalized spacial score (nSPS) is 18.6. The van der Waals surface area contributed by atoms with Gasteiger partial charge in [-0.3, -0.25) is 4.99 Å². The number of ether oxygens (including phenoxy) is 1. The van der Waals surface area contributed by atoms with Gasteiger partial charge in [-0.1, -0.05) is 0 Å². The first-order valence-electron chi connectivity index (χ1n) is 9.83. The first-order valence-corrected chi connectivity index (χ1v) is 10.6. The van der Waals surface area contributed by atoms with Crippen LogP contribution < -0.4 is 16.2 Å². The van der Waals surface area contributed by atoms with Gasteiger partial charge in [0.05, 0.1) is 11.4 Å². The van der Waals surface area contributed by atoms with Crippen molar-refractivity contribution in [1.82, 2.24) is 14.8 Å². The second-order valence-corrected chi connectivity index (χ2v) is 7.94. The molecule has 1 aliphatic heterocycles. The third-order valence-electron chi connectivity index (χ3n) is 5.06. The zero-order chi connectivity index (χ0) is 22.1. The van der Waals surface area contributed by atoms with Crippen molar-refractivity contribution < 1.29 is 9.13 Å². The molecule has 160 valence electrons. The van der Waals surface area contributed by atoms with Gasteiger partial charge in [0.25, 0.3) is 0 Å². The Balaban J connectivity index is 2.00. The lowest BCUT2D eigenvalue weighted by molar-refractivity contribution is 0.226. The van der Waals surface area contributed by atoms with Gasteiger partial charge in [0, 0.05) is 36.0 Å². The number of benzene rings is 1. The molecule has 0 amide bonds. The fourth-order valence-corrected chi connectivity index (χ4v) is 4.07. The van der Waals surface area contributed by atoms with E-state index in [0.29, 0.717) is 40.3 Å². The van der Waals surface area contributed by atoms with E-state index in [2.05, 4.69) is 31.0 Å². The quantitative estimate of drug-likeness (QED) is 0.540. The molecule has 0 unspecified atom stereocenters. The summed E-state index contributed by atoms with van der Waals surface area (Å²) in [5.41, 5.74) is 16.5. The van der Waals surface area contributed by atoms with Crippen molar-refractivity contribution in [1.29, 1.82) is 0 Å². The second-order valence-electron chi connectivity index (χ2n) is 7.13. The van der Waals surface area contributed by atoms with E-state index in [1.165, 1.54) is 18.3 Å². The average molecular weight is 485 g/mol. The SMILES string of the molecule is CCN=C1C(=CN)Cc2cc(Br)nn2-c2ccc(F)cc2[C@@H](C)Oc2cc1cnc2N. The molecule has 3 aromatic rings. The first-order chi connectivity index (χ1) is 14.9. The highest BCUT2D eigenvalue weighted by Crippen LogP contribution is 2.33. The fourth-order valence-electron chi connectivity index (χ4n) is 3.65. The molecule has 3 heterocycles. The van der Waals surface area contributed by atoms with Crippen LogP contribution in [-0.4, -0.2) is 27.0 Å². The highest BCUT2D eigenvalue weighted by Gasteiger charge is 2.23. The Morgan fingerprint density at radius 2 is 2.16 bits per heavy atom. The number of aromatic nitrogens is 3. The van der Waals surface area contributed by atoms with Crippen LogP contribution in [0.2, 0.25) is 0 Å². The largest absolute Gasteiger partial charge is 0.482 e. The molecule has 4 rings (SSSR count). The lowest BCUT2D eigenvalue weighted by Gasteiger charge is -2.22. The van der Waals surface area contributed by atoms with Crippen molar-refractivity contribution in [2.75, 3.05) is 12.3 Å². The molecule has 0 radical (unpaired) electrons. The van der Waals surface area contributed by atoms with Gasteiger partial charge >= 0.3 is 0 Å². The van der Waals surface area contributed by atoms with E-state index in [4.69, 9.17) is 16.2 Å². The topological polar surface area (TPSA) is 104 Å². The number of halogens is 2. The summed E-state index contributed by atoms with van der Waals surface area (Å²) in [6.45, 7) is 4.35. The van der Waals surface area contributed by atoms with Gasteiger partial charge in [-0.2, -0.15) is 5.10 Å². The van der Waals surface area contributed by atoms with E-state index in [9.17, 15) is 4.39 Å². The van der Waals surface area contributed by atoms with Crippen molar-refractivity contribution in [2.45, 2.75) is 26.4 Å². The number of pyridine rings is 1. The van der Waals surface area contributed by atoms with Gasteiger partial charge in [-0.05, 0) is 71.9 Å². The molecule has 2 aromatic heterocycles. The Kier molecular flexibility index (Phi) is 5.77. The Hall–Kier alpha value is -3.20. The summed E-state index contributed by atoms with van der Waals surface area (Å²) in [7, 11) is 0. The van der Waals surface area contributed by atoms with Gasteiger partial charge in [-0.25, -0.2) is 14.1 Å². The third kappa shape index (κ3) is 4.05. The van der Waals surface area contributed by atoms with Gasteiger partial charge in [0.1, 0.15) is 16.5 Å².